The third-order valence-electron chi connectivity index (χ3n) is 3.54. The molecule has 2 aromatic carbocycles. The number of anilines is 1. The van der Waals surface area contributed by atoms with Crippen LogP contribution >= 0.6 is 11.6 Å². The lowest BCUT2D eigenvalue weighted by molar-refractivity contribution is 0.0987. The summed E-state index contributed by atoms with van der Waals surface area (Å²) >= 11 is 5.78. The highest BCUT2D eigenvalue weighted by Gasteiger charge is 2.22. The van der Waals surface area contributed by atoms with Crippen molar-refractivity contribution in [1.29, 1.82) is 0 Å². The van der Waals surface area contributed by atoms with Crippen LogP contribution in [0.15, 0.2) is 48.5 Å². The molecule has 108 valence electrons. The summed E-state index contributed by atoms with van der Waals surface area (Å²) in [6.45, 7) is 1.29. The molecule has 0 spiro atoms. The van der Waals surface area contributed by atoms with Crippen LogP contribution in [-0.4, -0.2) is 19.1 Å². The molecule has 21 heavy (non-hydrogen) atoms. The fourth-order valence-corrected chi connectivity index (χ4v) is 2.61. The summed E-state index contributed by atoms with van der Waals surface area (Å²) in [7, 11) is 0. The Kier molecular flexibility index (Phi) is 4.11. The van der Waals surface area contributed by atoms with Crippen LogP contribution in [0, 0.1) is 0 Å². The molecule has 1 amide bonds. The van der Waals surface area contributed by atoms with Gasteiger partial charge in [0, 0.05) is 18.0 Å². The second-order valence-corrected chi connectivity index (χ2v) is 5.22. The van der Waals surface area contributed by atoms with Gasteiger partial charge in [-0.15, -0.1) is 11.6 Å². The summed E-state index contributed by atoms with van der Waals surface area (Å²) in [6.07, 6.45) is 0.820. The Labute approximate surface area is 129 Å². The largest absolute Gasteiger partial charge is 0.491 e. The molecule has 1 aliphatic heterocycles. The van der Waals surface area contributed by atoms with E-state index in [1.807, 2.05) is 48.5 Å². The van der Waals surface area contributed by atoms with E-state index in [0.29, 0.717) is 24.6 Å². The van der Waals surface area contributed by atoms with Gasteiger partial charge in [0.2, 0.25) is 0 Å². The Balaban J connectivity index is 1.93. The fraction of sp³-hybridized carbons (Fsp3) is 0.235. The van der Waals surface area contributed by atoms with Gasteiger partial charge in [-0.25, -0.2) is 0 Å². The summed E-state index contributed by atoms with van der Waals surface area (Å²) < 4.78 is 5.69. The highest BCUT2D eigenvalue weighted by molar-refractivity contribution is 6.17. The number of para-hydroxylation sites is 2. The molecule has 0 aromatic heterocycles. The van der Waals surface area contributed by atoms with Crippen LogP contribution in [-0.2, 0) is 5.88 Å². The zero-order valence-corrected chi connectivity index (χ0v) is 12.3. The molecule has 1 aliphatic rings. The van der Waals surface area contributed by atoms with Crippen molar-refractivity contribution in [2.24, 2.45) is 0 Å². The number of hydrogen-bond acceptors (Lipinski definition) is 2. The third-order valence-corrected chi connectivity index (χ3v) is 3.85. The number of fused-ring (bicyclic) bond motifs is 1. The highest BCUT2D eigenvalue weighted by atomic mass is 35.5. The van der Waals surface area contributed by atoms with Gasteiger partial charge < -0.3 is 9.64 Å². The number of amides is 1. The molecule has 0 N–H and O–H groups in total. The number of halogens is 1. The van der Waals surface area contributed by atoms with Gasteiger partial charge in [-0.3, -0.25) is 4.79 Å². The third kappa shape index (κ3) is 2.88. The van der Waals surface area contributed by atoms with Crippen molar-refractivity contribution in [3.05, 3.63) is 59.7 Å². The summed E-state index contributed by atoms with van der Waals surface area (Å²) in [5, 5.41) is 0. The minimum atomic E-state index is -0.00549. The summed E-state index contributed by atoms with van der Waals surface area (Å²) in [5.41, 5.74) is 2.51. The standard InChI is InChI=1S/C17H16ClNO2/c18-12-13-6-8-14(9-7-13)17(20)19-10-3-11-21-16-5-2-1-4-15(16)19/h1-2,4-9H,3,10-12H2. The van der Waals surface area contributed by atoms with Gasteiger partial charge in [0.05, 0.1) is 12.3 Å². The van der Waals surface area contributed by atoms with Crippen LogP contribution in [0.4, 0.5) is 5.69 Å². The lowest BCUT2D eigenvalue weighted by Gasteiger charge is -2.21. The first-order valence-corrected chi connectivity index (χ1v) is 7.51. The summed E-state index contributed by atoms with van der Waals surface area (Å²) in [5.74, 6) is 1.21. The molecule has 0 saturated heterocycles. The average molecular weight is 302 g/mol. The van der Waals surface area contributed by atoms with E-state index >= 15 is 0 Å². The SMILES string of the molecule is O=C(c1ccc(CCl)cc1)N1CCCOc2ccccc21. The van der Waals surface area contributed by atoms with Crippen molar-refractivity contribution in [3.63, 3.8) is 0 Å². The highest BCUT2D eigenvalue weighted by Crippen LogP contribution is 2.31. The Morgan fingerprint density at radius 3 is 2.67 bits per heavy atom. The van der Waals surface area contributed by atoms with Crippen molar-refractivity contribution in [1.82, 2.24) is 0 Å². The van der Waals surface area contributed by atoms with E-state index in [-0.39, 0.29) is 5.91 Å². The van der Waals surface area contributed by atoms with Gasteiger partial charge in [-0.1, -0.05) is 24.3 Å². The molecule has 0 unspecified atom stereocenters. The Bertz CT molecular complexity index is 639. The number of benzene rings is 2. The van der Waals surface area contributed by atoms with E-state index < -0.39 is 0 Å². The maximum Gasteiger partial charge on any atom is 0.258 e. The molecular formula is C17H16ClNO2. The smallest absolute Gasteiger partial charge is 0.258 e. The normalized spacial score (nSPS) is 14.0. The average Bonchev–Trinajstić information content (AvgIpc) is 2.77. The first-order valence-electron chi connectivity index (χ1n) is 6.98. The molecule has 1 heterocycles. The monoisotopic (exact) mass is 301 g/mol. The van der Waals surface area contributed by atoms with Crippen LogP contribution < -0.4 is 9.64 Å². The van der Waals surface area contributed by atoms with Gasteiger partial charge in [0.15, 0.2) is 0 Å². The van der Waals surface area contributed by atoms with Crippen LogP contribution in [0.5, 0.6) is 5.75 Å². The molecule has 0 bridgehead atoms. The quantitative estimate of drug-likeness (QED) is 0.788. The number of nitrogens with zero attached hydrogens (tertiary/aromatic N) is 1. The number of carbonyl (C=O) groups is 1. The Hall–Kier alpha value is -2.00. The first-order chi connectivity index (χ1) is 10.3. The van der Waals surface area contributed by atoms with Crippen LogP contribution in [0.3, 0.4) is 0 Å². The number of ether oxygens (including phenoxy) is 1. The molecule has 3 rings (SSSR count). The second kappa shape index (κ2) is 6.19. The van der Waals surface area contributed by atoms with Crippen LogP contribution in [0.2, 0.25) is 0 Å². The van der Waals surface area contributed by atoms with Crippen molar-refractivity contribution >= 4 is 23.2 Å². The minimum Gasteiger partial charge on any atom is -0.491 e. The van der Waals surface area contributed by atoms with Crippen LogP contribution in [0.25, 0.3) is 0 Å². The molecule has 3 nitrogen and oxygen atoms in total. The van der Waals surface area contributed by atoms with E-state index in [1.54, 1.807) is 4.90 Å². The molecule has 0 radical (unpaired) electrons. The van der Waals surface area contributed by atoms with Gasteiger partial charge >= 0.3 is 0 Å². The predicted octanol–water partition coefficient (Wildman–Crippen LogP) is 3.85. The topological polar surface area (TPSA) is 29.5 Å². The van der Waals surface area contributed by atoms with Gasteiger partial charge in [0.1, 0.15) is 5.75 Å². The van der Waals surface area contributed by atoms with Crippen LogP contribution in [0.1, 0.15) is 22.3 Å². The van der Waals surface area contributed by atoms with Crippen molar-refractivity contribution in [3.8, 4) is 5.75 Å². The number of rotatable bonds is 2. The molecule has 4 heteroatoms. The Morgan fingerprint density at radius 1 is 1.14 bits per heavy atom. The maximum absolute atomic E-state index is 12.8. The summed E-state index contributed by atoms with van der Waals surface area (Å²) in [4.78, 5) is 14.5. The molecular weight excluding hydrogens is 286 g/mol. The van der Waals surface area contributed by atoms with Gasteiger partial charge in [-0.2, -0.15) is 0 Å². The van der Waals surface area contributed by atoms with Crippen molar-refractivity contribution in [2.75, 3.05) is 18.1 Å². The minimum absolute atomic E-state index is 0.00549. The molecule has 0 aliphatic carbocycles. The van der Waals surface area contributed by atoms with E-state index in [4.69, 9.17) is 16.3 Å². The second-order valence-electron chi connectivity index (χ2n) is 4.96. The van der Waals surface area contributed by atoms with E-state index in [0.717, 1.165) is 23.4 Å². The van der Waals surface area contributed by atoms with E-state index in [2.05, 4.69) is 0 Å². The summed E-state index contributed by atoms with van der Waals surface area (Å²) in [6, 6.07) is 15.1. The lowest BCUT2D eigenvalue weighted by Crippen LogP contribution is -2.31. The fourth-order valence-electron chi connectivity index (χ4n) is 2.43. The molecule has 2 aromatic rings. The maximum atomic E-state index is 12.8. The lowest BCUT2D eigenvalue weighted by atomic mass is 10.1. The first kappa shape index (κ1) is 14.0. The number of hydrogen-bond donors (Lipinski definition) is 0. The zero-order valence-electron chi connectivity index (χ0n) is 11.6. The molecule has 0 atom stereocenters. The van der Waals surface area contributed by atoms with Gasteiger partial charge in [0.25, 0.3) is 5.91 Å². The van der Waals surface area contributed by atoms with Gasteiger partial charge in [-0.05, 0) is 36.2 Å². The number of alkyl halides is 1. The molecule has 0 fully saturated rings. The number of carbonyl (C=O) groups excluding carboxylic acids is 1. The Morgan fingerprint density at radius 2 is 1.90 bits per heavy atom. The zero-order chi connectivity index (χ0) is 14.7. The predicted molar refractivity (Wildman–Crippen MR) is 84.2 cm³/mol. The molecule has 0 saturated carbocycles. The van der Waals surface area contributed by atoms with Crippen molar-refractivity contribution in [2.45, 2.75) is 12.3 Å². The van der Waals surface area contributed by atoms with Crippen molar-refractivity contribution < 1.29 is 9.53 Å². The van der Waals surface area contributed by atoms with E-state index in [1.165, 1.54) is 0 Å². The van der Waals surface area contributed by atoms with E-state index in [9.17, 15) is 4.79 Å².